The van der Waals surface area contributed by atoms with Crippen molar-refractivity contribution >= 4 is 23.0 Å². The molecule has 2 aromatic heterocycles. The van der Waals surface area contributed by atoms with E-state index in [1.54, 1.807) is 28.8 Å². The van der Waals surface area contributed by atoms with E-state index in [0.717, 1.165) is 0 Å². The zero-order chi connectivity index (χ0) is 17.4. The van der Waals surface area contributed by atoms with Gasteiger partial charge in [0.2, 0.25) is 0 Å². The Labute approximate surface area is 142 Å². The Kier molecular flexibility index (Phi) is 3.79. The van der Waals surface area contributed by atoms with Crippen molar-refractivity contribution in [2.45, 2.75) is 18.4 Å². The fraction of sp³-hybridized carbons (Fsp3) is 0.250. The molecule has 0 amide bonds. The molecule has 9 heteroatoms. The van der Waals surface area contributed by atoms with Gasteiger partial charge in [-0.05, 0) is 12.1 Å². The van der Waals surface area contributed by atoms with Gasteiger partial charge in [-0.25, -0.2) is 19.7 Å². The molecule has 3 heterocycles. The molecule has 0 bridgehead atoms. The maximum absolute atomic E-state index is 11.9. The topological polar surface area (TPSA) is 125 Å². The first kappa shape index (κ1) is 15.5. The van der Waals surface area contributed by atoms with Crippen LogP contribution in [0.15, 0.2) is 43.0 Å². The number of benzene rings is 1. The number of esters is 1. The summed E-state index contributed by atoms with van der Waals surface area (Å²) in [6.07, 6.45) is 0.654. The average Bonchev–Trinajstić information content (AvgIpc) is 3.06. The van der Waals surface area contributed by atoms with E-state index in [1.165, 1.54) is 12.7 Å². The van der Waals surface area contributed by atoms with E-state index in [9.17, 15) is 9.90 Å². The van der Waals surface area contributed by atoms with E-state index in [2.05, 4.69) is 15.0 Å². The molecule has 1 fully saturated rings. The molecule has 0 spiro atoms. The molecule has 9 nitrogen and oxygen atoms in total. The van der Waals surface area contributed by atoms with Crippen molar-refractivity contribution in [1.29, 1.82) is 0 Å². The number of hydrogen-bond acceptors (Lipinski definition) is 8. The first-order valence-electron chi connectivity index (χ1n) is 7.64. The Hall–Kier alpha value is -3.04. The number of fused-ring (bicyclic) bond motifs is 1. The van der Waals surface area contributed by atoms with Gasteiger partial charge in [-0.1, -0.05) is 18.2 Å². The van der Waals surface area contributed by atoms with E-state index < -0.39 is 24.4 Å². The second kappa shape index (κ2) is 6.11. The molecule has 0 radical (unpaired) electrons. The fourth-order valence-electron chi connectivity index (χ4n) is 2.67. The third kappa shape index (κ3) is 2.69. The number of carbonyl (C=O) groups is 1. The third-order valence-electron chi connectivity index (χ3n) is 4.04. The highest BCUT2D eigenvalue weighted by atomic mass is 16.6. The minimum absolute atomic E-state index is 0.0465. The second-order valence-electron chi connectivity index (χ2n) is 5.60. The van der Waals surface area contributed by atoms with Gasteiger partial charge in [0.25, 0.3) is 0 Å². The number of aliphatic hydroxyl groups excluding tert-OH is 1. The summed E-state index contributed by atoms with van der Waals surface area (Å²) in [7, 11) is 0. The summed E-state index contributed by atoms with van der Waals surface area (Å²) in [5, 5.41) is 10.3. The molecule has 3 N–H and O–H groups in total. The van der Waals surface area contributed by atoms with Crippen LogP contribution in [0.2, 0.25) is 0 Å². The van der Waals surface area contributed by atoms with Crippen LogP contribution in [0, 0.1) is 0 Å². The summed E-state index contributed by atoms with van der Waals surface area (Å²) in [6.45, 7) is -0.0465. The SMILES string of the molecule is Nc1ncnc2c1ncn2[C@@H]1O[C@H](COC(=O)c2ccccc2)C1O. The van der Waals surface area contributed by atoms with Crippen molar-refractivity contribution in [3.05, 3.63) is 48.5 Å². The van der Waals surface area contributed by atoms with Crippen LogP contribution in [-0.2, 0) is 9.47 Å². The maximum Gasteiger partial charge on any atom is 0.338 e. The quantitative estimate of drug-likeness (QED) is 0.658. The predicted molar refractivity (Wildman–Crippen MR) is 86.4 cm³/mol. The monoisotopic (exact) mass is 341 g/mol. The summed E-state index contributed by atoms with van der Waals surface area (Å²) >= 11 is 0. The highest BCUT2D eigenvalue weighted by Crippen LogP contribution is 2.33. The number of anilines is 1. The Morgan fingerprint density at radius 3 is 2.84 bits per heavy atom. The Balaban J connectivity index is 1.40. The van der Waals surface area contributed by atoms with Gasteiger partial charge in [0.1, 0.15) is 30.7 Å². The summed E-state index contributed by atoms with van der Waals surface area (Å²) in [5.41, 5.74) is 7.10. The number of aliphatic hydroxyl groups is 1. The number of nitrogens with two attached hydrogens (primary N) is 1. The first-order valence-corrected chi connectivity index (χ1v) is 7.64. The summed E-state index contributed by atoms with van der Waals surface area (Å²) in [4.78, 5) is 24.0. The third-order valence-corrected chi connectivity index (χ3v) is 4.04. The Morgan fingerprint density at radius 2 is 2.08 bits per heavy atom. The normalized spacial score (nSPS) is 22.5. The molecule has 4 rings (SSSR count). The number of rotatable bonds is 4. The smallest absolute Gasteiger partial charge is 0.338 e. The van der Waals surface area contributed by atoms with Crippen LogP contribution in [0.1, 0.15) is 16.6 Å². The van der Waals surface area contributed by atoms with Crippen molar-refractivity contribution < 1.29 is 19.4 Å². The zero-order valence-electron chi connectivity index (χ0n) is 13.0. The van der Waals surface area contributed by atoms with E-state index in [-0.39, 0.29) is 12.4 Å². The summed E-state index contributed by atoms with van der Waals surface area (Å²) in [5.74, 6) is -0.209. The van der Waals surface area contributed by atoms with Gasteiger partial charge in [-0.3, -0.25) is 4.57 Å². The number of aromatic nitrogens is 4. The molecule has 1 aliphatic heterocycles. The molecule has 1 aliphatic rings. The van der Waals surface area contributed by atoms with Gasteiger partial charge >= 0.3 is 5.97 Å². The van der Waals surface area contributed by atoms with E-state index in [4.69, 9.17) is 15.2 Å². The lowest BCUT2D eigenvalue weighted by atomic mass is 10.1. The van der Waals surface area contributed by atoms with Crippen LogP contribution in [0.3, 0.4) is 0 Å². The van der Waals surface area contributed by atoms with Crippen LogP contribution in [0.4, 0.5) is 5.82 Å². The van der Waals surface area contributed by atoms with Crippen LogP contribution in [0.5, 0.6) is 0 Å². The minimum atomic E-state index is -0.864. The number of ether oxygens (including phenoxy) is 2. The molecule has 128 valence electrons. The van der Waals surface area contributed by atoms with Crippen LogP contribution in [0.25, 0.3) is 11.2 Å². The van der Waals surface area contributed by atoms with Gasteiger partial charge in [0.05, 0.1) is 11.9 Å². The van der Waals surface area contributed by atoms with Crippen LogP contribution < -0.4 is 5.73 Å². The highest BCUT2D eigenvalue weighted by molar-refractivity contribution is 5.89. The molecule has 0 saturated carbocycles. The second-order valence-corrected chi connectivity index (χ2v) is 5.60. The number of imidazole rings is 1. The molecule has 1 unspecified atom stereocenters. The summed E-state index contributed by atoms with van der Waals surface area (Å²) < 4.78 is 12.4. The number of carbonyl (C=O) groups excluding carboxylic acids is 1. The van der Waals surface area contributed by atoms with Crippen molar-refractivity contribution in [1.82, 2.24) is 19.5 Å². The molecular weight excluding hydrogens is 326 g/mol. The van der Waals surface area contributed by atoms with Crippen molar-refractivity contribution in [3.63, 3.8) is 0 Å². The Morgan fingerprint density at radius 1 is 1.28 bits per heavy atom. The number of hydrogen-bond donors (Lipinski definition) is 2. The van der Waals surface area contributed by atoms with Crippen molar-refractivity contribution in [2.75, 3.05) is 12.3 Å². The molecule has 0 aliphatic carbocycles. The van der Waals surface area contributed by atoms with Crippen LogP contribution in [-0.4, -0.2) is 49.4 Å². The van der Waals surface area contributed by atoms with Gasteiger partial charge in [-0.2, -0.15) is 0 Å². The Bertz CT molecular complexity index is 913. The number of nitrogens with zero attached hydrogens (tertiary/aromatic N) is 4. The molecule has 3 aromatic rings. The highest BCUT2D eigenvalue weighted by Gasteiger charge is 2.44. The van der Waals surface area contributed by atoms with Gasteiger partial charge < -0.3 is 20.3 Å². The van der Waals surface area contributed by atoms with Crippen molar-refractivity contribution in [2.24, 2.45) is 0 Å². The van der Waals surface area contributed by atoms with Gasteiger partial charge in [0.15, 0.2) is 17.7 Å². The lowest BCUT2D eigenvalue weighted by Crippen LogP contribution is -2.52. The number of nitrogen functional groups attached to an aromatic ring is 1. The maximum atomic E-state index is 11.9. The first-order chi connectivity index (χ1) is 12.1. The van der Waals surface area contributed by atoms with E-state index in [1.807, 2.05) is 6.07 Å². The molecule has 25 heavy (non-hydrogen) atoms. The molecule has 1 saturated heterocycles. The fourth-order valence-corrected chi connectivity index (χ4v) is 2.67. The summed E-state index contributed by atoms with van der Waals surface area (Å²) in [6, 6.07) is 8.62. The lowest BCUT2D eigenvalue weighted by Gasteiger charge is -2.41. The average molecular weight is 341 g/mol. The van der Waals surface area contributed by atoms with Crippen molar-refractivity contribution in [3.8, 4) is 0 Å². The minimum Gasteiger partial charge on any atom is -0.459 e. The van der Waals surface area contributed by atoms with E-state index >= 15 is 0 Å². The van der Waals surface area contributed by atoms with Gasteiger partial charge in [0, 0.05) is 0 Å². The van der Waals surface area contributed by atoms with Gasteiger partial charge in [-0.15, -0.1) is 0 Å². The van der Waals surface area contributed by atoms with E-state index in [0.29, 0.717) is 16.7 Å². The molecule has 1 aromatic carbocycles. The molecular formula is C16H15N5O4. The predicted octanol–water partition coefficient (Wildman–Crippen LogP) is 0.524. The van der Waals surface area contributed by atoms with Crippen LogP contribution >= 0.6 is 0 Å². The zero-order valence-corrected chi connectivity index (χ0v) is 13.0. The molecule has 3 atom stereocenters. The largest absolute Gasteiger partial charge is 0.459 e. The standard InChI is InChI=1S/C16H15N5O4/c17-13-11-14(19-7-18-13)21(8-20-11)15-12(22)10(25-15)6-24-16(23)9-4-2-1-3-5-9/h1-5,7-8,10,12,15,22H,6H2,(H2,17,18,19)/t10-,12?,15-/m1/s1. The lowest BCUT2D eigenvalue weighted by molar-refractivity contribution is -0.264.